The molecule has 0 aromatic heterocycles. The van der Waals surface area contributed by atoms with Crippen LogP contribution in [0, 0.1) is 5.92 Å². The molecule has 0 heterocycles. The fourth-order valence-corrected chi connectivity index (χ4v) is 2.81. The maximum atomic E-state index is 12.2. The zero-order valence-electron chi connectivity index (χ0n) is 14.1. The topological polar surface area (TPSA) is 70.6 Å². The molecule has 0 saturated heterocycles. The number of nitrogens with zero attached hydrogens (tertiary/aromatic N) is 1. The highest BCUT2D eigenvalue weighted by molar-refractivity contribution is 6.36. The molecule has 1 saturated carbocycles. The molecule has 26 heavy (non-hydrogen) atoms. The molecule has 1 aliphatic carbocycles. The van der Waals surface area contributed by atoms with E-state index in [4.69, 9.17) is 23.2 Å². The van der Waals surface area contributed by atoms with Gasteiger partial charge in [-0.3, -0.25) is 9.59 Å². The zero-order valence-corrected chi connectivity index (χ0v) is 15.6. The van der Waals surface area contributed by atoms with E-state index < -0.39 is 5.91 Å². The van der Waals surface area contributed by atoms with Gasteiger partial charge in [0.1, 0.15) is 0 Å². The Morgan fingerprint density at radius 2 is 1.77 bits per heavy atom. The Morgan fingerprint density at radius 3 is 2.38 bits per heavy atom. The number of benzene rings is 2. The van der Waals surface area contributed by atoms with Crippen LogP contribution in [0.2, 0.25) is 10.0 Å². The standard InChI is InChI=1S/C19H17Cl2N3O2/c1-11(23-24-19(26)16-9-6-14(20)10-17(16)21)12-4-7-15(8-5-12)22-18(25)13-2-3-13/h4-10,13H,2-3H2,1H3,(H,22,25)(H,24,26)/b23-11+. The van der Waals surface area contributed by atoms with Gasteiger partial charge in [-0.2, -0.15) is 5.10 Å². The predicted molar refractivity (Wildman–Crippen MR) is 104 cm³/mol. The summed E-state index contributed by atoms with van der Waals surface area (Å²) in [7, 11) is 0. The van der Waals surface area contributed by atoms with E-state index in [-0.39, 0.29) is 16.8 Å². The van der Waals surface area contributed by atoms with Gasteiger partial charge in [-0.15, -0.1) is 0 Å². The molecule has 0 radical (unpaired) electrons. The van der Waals surface area contributed by atoms with Crippen LogP contribution in [0.15, 0.2) is 47.6 Å². The second kappa shape index (κ2) is 7.89. The van der Waals surface area contributed by atoms with E-state index in [9.17, 15) is 9.59 Å². The summed E-state index contributed by atoms with van der Waals surface area (Å²) in [6.07, 6.45) is 1.93. The van der Waals surface area contributed by atoms with Crippen LogP contribution >= 0.6 is 23.2 Å². The average molecular weight is 390 g/mol. The molecule has 5 nitrogen and oxygen atoms in total. The van der Waals surface area contributed by atoms with E-state index in [2.05, 4.69) is 15.8 Å². The summed E-state index contributed by atoms with van der Waals surface area (Å²) >= 11 is 11.8. The van der Waals surface area contributed by atoms with E-state index in [0.29, 0.717) is 16.3 Å². The summed E-state index contributed by atoms with van der Waals surface area (Å²) in [5.74, 6) is -0.192. The number of halogens is 2. The molecule has 0 aliphatic heterocycles. The third-order valence-corrected chi connectivity index (χ3v) is 4.57. The smallest absolute Gasteiger partial charge is 0.272 e. The van der Waals surface area contributed by atoms with Crippen molar-refractivity contribution in [2.45, 2.75) is 19.8 Å². The first kappa shape index (κ1) is 18.4. The molecule has 2 N–H and O–H groups in total. The molecular formula is C19H17Cl2N3O2. The summed E-state index contributed by atoms with van der Waals surface area (Å²) in [5.41, 5.74) is 4.98. The average Bonchev–Trinajstić information content (AvgIpc) is 3.45. The van der Waals surface area contributed by atoms with Gasteiger partial charge in [0.25, 0.3) is 5.91 Å². The van der Waals surface area contributed by atoms with Gasteiger partial charge < -0.3 is 5.32 Å². The Hall–Kier alpha value is -2.37. The van der Waals surface area contributed by atoms with Crippen molar-refractivity contribution in [2.24, 2.45) is 11.0 Å². The molecule has 0 bridgehead atoms. The van der Waals surface area contributed by atoms with Gasteiger partial charge in [-0.25, -0.2) is 5.43 Å². The van der Waals surface area contributed by atoms with Gasteiger partial charge in [0, 0.05) is 16.6 Å². The van der Waals surface area contributed by atoms with Gasteiger partial charge in [-0.05, 0) is 55.7 Å². The van der Waals surface area contributed by atoms with Crippen LogP contribution < -0.4 is 10.7 Å². The zero-order chi connectivity index (χ0) is 18.7. The SMILES string of the molecule is C/C(=N\NC(=O)c1ccc(Cl)cc1Cl)c1ccc(NC(=O)C2CC2)cc1. The van der Waals surface area contributed by atoms with Crippen LogP contribution in [-0.2, 0) is 4.79 Å². The van der Waals surface area contributed by atoms with Gasteiger partial charge >= 0.3 is 0 Å². The molecular weight excluding hydrogens is 373 g/mol. The highest BCUT2D eigenvalue weighted by Crippen LogP contribution is 2.30. The first-order valence-electron chi connectivity index (χ1n) is 8.15. The number of carbonyl (C=O) groups is 2. The molecule has 0 atom stereocenters. The lowest BCUT2D eigenvalue weighted by atomic mass is 10.1. The quantitative estimate of drug-likeness (QED) is 0.583. The minimum atomic E-state index is -0.417. The van der Waals surface area contributed by atoms with Gasteiger partial charge in [0.2, 0.25) is 5.91 Å². The molecule has 134 valence electrons. The van der Waals surface area contributed by atoms with Gasteiger partial charge in [-0.1, -0.05) is 35.3 Å². The molecule has 7 heteroatoms. The lowest BCUT2D eigenvalue weighted by Gasteiger charge is -2.07. The van der Waals surface area contributed by atoms with Crippen molar-refractivity contribution >= 4 is 46.4 Å². The van der Waals surface area contributed by atoms with Crippen molar-refractivity contribution < 1.29 is 9.59 Å². The normalized spacial score (nSPS) is 14.0. The van der Waals surface area contributed by atoms with Crippen LogP contribution in [0.3, 0.4) is 0 Å². The lowest BCUT2D eigenvalue weighted by Crippen LogP contribution is -2.19. The molecule has 1 aliphatic rings. The Morgan fingerprint density at radius 1 is 1.08 bits per heavy atom. The van der Waals surface area contributed by atoms with Crippen molar-refractivity contribution in [3.05, 3.63) is 63.6 Å². The molecule has 3 rings (SSSR count). The van der Waals surface area contributed by atoms with Crippen molar-refractivity contribution in [2.75, 3.05) is 5.32 Å². The van der Waals surface area contributed by atoms with E-state index in [1.54, 1.807) is 19.1 Å². The number of anilines is 1. The minimum Gasteiger partial charge on any atom is -0.326 e. The first-order chi connectivity index (χ1) is 12.4. The Bertz CT molecular complexity index is 875. The summed E-state index contributed by atoms with van der Waals surface area (Å²) in [6.45, 7) is 1.78. The first-order valence-corrected chi connectivity index (χ1v) is 8.90. The van der Waals surface area contributed by atoms with Gasteiger partial charge in [0.05, 0.1) is 16.3 Å². The number of carbonyl (C=O) groups excluding carboxylic acids is 2. The van der Waals surface area contributed by atoms with E-state index >= 15 is 0 Å². The Balaban J connectivity index is 1.63. The van der Waals surface area contributed by atoms with Crippen molar-refractivity contribution in [3.63, 3.8) is 0 Å². The molecule has 2 aromatic rings. The molecule has 2 aromatic carbocycles. The van der Waals surface area contributed by atoms with Crippen LogP contribution in [0.5, 0.6) is 0 Å². The maximum absolute atomic E-state index is 12.2. The van der Waals surface area contributed by atoms with Crippen LogP contribution in [-0.4, -0.2) is 17.5 Å². The van der Waals surface area contributed by atoms with E-state index in [1.165, 1.54) is 6.07 Å². The number of hydrogen-bond donors (Lipinski definition) is 2. The molecule has 0 unspecified atom stereocenters. The predicted octanol–water partition coefficient (Wildman–Crippen LogP) is 4.50. The fraction of sp³-hybridized carbons (Fsp3) is 0.211. The van der Waals surface area contributed by atoms with Crippen molar-refractivity contribution in [3.8, 4) is 0 Å². The molecule has 2 amide bonds. The number of hydrogen-bond acceptors (Lipinski definition) is 3. The van der Waals surface area contributed by atoms with Crippen LogP contribution in [0.25, 0.3) is 0 Å². The highest BCUT2D eigenvalue weighted by atomic mass is 35.5. The fourth-order valence-electron chi connectivity index (χ4n) is 2.32. The Kier molecular flexibility index (Phi) is 5.59. The maximum Gasteiger partial charge on any atom is 0.272 e. The summed E-state index contributed by atoms with van der Waals surface area (Å²) in [5, 5.41) is 7.70. The van der Waals surface area contributed by atoms with Crippen LogP contribution in [0.1, 0.15) is 35.7 Å². The number of amides is 2. The van der Waals surface area contributed by atoms with E-state index in [0.717, 1.165) is 24.1 Å². The van der Waals surface area contributed by atoms with E-state index in [1.807, 2.05) is 24.3 Å². The van der Waals surface area contributed by atoms with Crippen molar-refractivity contribution in [1.82, 2.24) is 5.43 Å². The number of hydrazone groups is 1. The summed E-state index contributed by atoms with van der Waals surface area (Å²) in [6, 6.07) is 11.9. The lowest BCUT2D eigenvalue weighted by molar-refractivity contribution is -0.117. The van der Waals surface area contributed by atoms with Crippen molar-refractivity contribution in [1.29, 1.82) is 0 Å². The Labute approximate surface area is 161 Å². The third kappa shape index (κ3) is 4.62. The highest BCUT2D eigenvalue weighted by Gasteiger charge is 2.29. The largest absolute Gasteiger partial charge is 0.326 e. The molecule has 1 fully saturated rings. The monoisotopic (exact) mass is 389 g/mol. The summed E-state index contributed by atoms with van der Waals surface area (Å²) < 4.78 is 0. The minimum absolute atomic E-state index is 0.0650. The third-order valence-electron chi connectivity index (χ3n) is 4.02. The second-order valence-electron chi connectivity index (χ2n) is 6.10. The molecule has 0 spiro atoms. The second-order valence-corrected chi connectivity index (χ2v) is 6.95. The summed E-state index contributed by atoms with van der Waals surface area (Å²) in [4.78, 5) is 23.9. The number of nitrogens with one attached hydrogen (secondary N) is 2. The van der Waals surface area contributed by atoms with Gasteiger partial charge in [0.15, 0.2) is 0 Å². The van der Waals surface area contributed by atoms with Crippen LogP contribution in [0.4, 0.5) is 5.69 Å². The number of rotatable bonds is 5.